The number of ether oxygens (including phenoxy) is 1. The van der Waals surface area contributed by atoms with E-state index in [1.54, 1.807) is 0 Å². The zero-order valence-electron chi connectivity index (χ0n) is 10.5. The third-order valence-corrected chi connectivity index (χ3v) is 4.42. The Hall–Kier alpha value is -0.160. The smallest absolute Gasteiger partial charge is 0.0635 e. The molecule has 0 aromatic carbocycles. The summed E-state index contributed by atoms with van der Waals surface area (Å²) in [5.41, 5.74) is 2.95. The summed E-state index contributed by atoms with van der Waals surface area (Å²) in [6.07, 6.45) is 5.27. The first kappa shape index (κ1) is 12.3. The fourth-order valence-electron chi connectivity index (χ4n) is 3.35. The van der Waals surface area contributed by atoms with Gasteiger partial charge < -0.3 is 9.64 Å². The van der Waals surface area contributed by atoms with Gasteiger partial charge in [0.2, 0.25) is 0 Å². The van der Waals surface area contributed by atoms with Crippen LogP contribution in [0.3, 0.4) is 0 Å². The molecule has 2 bridgehead atoms. The second-order valence-corrected chi connectivity index (χ2v) is 5.21. The molecule has 16 heavy (non-hydrogen) atoms. The minimum atomic E-state index is 0.330. The largest absolute Gasteiger partial charge is 0.380 e. The molecule has 2 aliphatic rings. The second kappa shape index (κ2) is 5.45. The summed E-state index contributed by atoms with van der Waals surface area (Å²) < 4.78 is 5.50. The molecule has 0 radical (unpaired) electrons. The van der Waals surface area contributed by atoms with E-state index in [4.69, 9.17) is 10.6 Å². The summed E-state index contributed by atoms with van der Waals surface area (Å²) in [6.45, 7) is 3.56. The molecular weight excluding hydrogens is 202 g/mol. The summed E-state index contributed by atoms with van der Waals surface area (Å²) in [5, 5.41) is 0. The molecule has 0 amide bonds. The maximum absolute atomic E-state index is 5.65. The molecule has 2 fully saturated rings. The third-order valence-electron chi connectivity index (χ3n) is 4.42. The molecule has 4 nitrogen and oxygen atoms in total. The van der Waals surface area contributed by atoms with Gasteiger partial charge in [0.1, 0.15) is 0 Å². The van der Waals surface area contributed by atoms with Crippen molar-refractivity contribution in [3.05, 3.63) is 0 Å². The molecule has 0 saturated carbocycles. The number of hydrogen-bond acceptors (Lipinski definition) is 4. The number of nitrogens with zero attached hydrogens (tertiary/aromatic N) is 1. The van der Waals surface area contributed by atoms with Crippen LogP contribution in [0.4, 0.5) is 0 Å². The summed E-state index contributed by atoms with van der Waals surface area (Å²) in [4.78, 5) is 2.56. The zero-order chi connectivity index (χ0) is 11.5. The van der Waals surface area contributed by atoms with Crippen molar-refractivity contribution >= 4 is 0 Å². The van der Waals surface area contributed by atoms with Crippen LogP contribution in [0.25, 0.3) is 0 Å². The Kier molecular flexibility index (Phi) is 4.19. The average molecular weight is 227 g/mol. The molecule has 0 aliphatic carbocycles. The van der Waals surface area contributed by atoms with Crippen LogP contribution in [-0.4, -0.2) is 43.3 Å². The van der Waals surface area contributed by atoms with E-state index in [0.29, 0.717) is 12.0 Å². The number of nitrogens with two attached hydrogens (primary N) is 1. The molecule has 2 aliphatic heterocycles. The van der Waals surface area contributed by atoms with Crippen LogP contribution in [-0.2, 0) is 4.74 Å². The average Bonchev–Trinajstić information content (AvgIpc) is 2.54. The first-order chi connectivity index (χ1) is 7.76. The first-order valence-electron chi connectivity index (χ1n) is 6.52. The number of fused-ring (bicyclic) bond motifs is 2. The Morgan fingerprint density at radius 1 is 1.38 bits per heavy atom. The van der Waals surface area contributed by atoms with Gasteiger partial charge in [0.05, 0.1) is 6.61 Å². The molecule has 2 rings (SSSR count). The van der Waals surface area contributed by atoms with Gasteiger partial charge >= 0.3 is 0 Å². The van der Waals surface area contributed by atoms with Gasteiger partial charge in [-0.1, -0.05) is 0 Å². The van der Waals surface area contributed by atoms with Gasteiger partial charge in [-0.05, 0) is 45.6 Å². The molecular formula is C12H25N3O. The second-order valence-electron chi connectivity index (χ2n) is 5.21. The molecule has 3 atom stereocenters. The molecule has 3 unspecified atom stereocenters. The first-order valence-corrected chi connectivity index (χ1v) is 6.52. The van der Waals surface area contributed by atoms with E-state index in [0.717, 1.165) is 25.3 Å². The Morgan fingerprint density at radius 2 is 2.00 bits per heavy atom. The van der Waals surface area contributed by atoms with Crippen LogP contribution in [0.15, 0.2) is 0 Å². The van der Waals surface area contributed by atoms with Gasteiger partial charge in [0.25, 0.3) is 0 Å². The molecule has 2 saturated heterocycles. The van der Waals surface area contributed by atoms with E-state index in [9.17, 15) is 0 Å². The highest BCUT2D eigenvalue weighted by Crippen LogP contribution is 2.38. The molecule has 94 valence electrons. The molecule has 2 heterocycles. The van der Waals surface area contributed by atoms with Gasteiger partial charge in [0.15, 0.2) is 0 Å². The van der Waals surface area contributed by atoms with Gasteiger partial charge in [-0.2, -0.15) is 0 Å². The minimum absolute atomic E-state index is 0.330. The fourth-order valence-corrected chi connectivity index (χ4v) is 3.35. The highest BCUT2D eigenvalue weighted by atomic mass is 16.5. The molecule has 0 aromatic heterocycles. The van der Waals surface area contributed by atoms with Crippen molar-refractivity contribution in [3.63, 3.8) is 0 Å². The van der Waals surface area contributed by atoms with Crippen molar-refractivity contribution < 1.29 is 4.74 Å². The van der Waals surface area contributed by atoms with E-state index in [1.807, 2.05) is 6.92 Å². The van der Waals surface area contributed by atoms with Crippen molar-refractivity contribution in [1.82, 2.24) is 10.3 Å². The van der Waals surface area contributed by atoms with Gasteiger partial charge in [0, 0.05) is 24.7 Å². The van der Waals surface area contributed by atoms with E-state index >= 15 is 0 Å². The van der Waals surface area contributed by atoms with Crippen LogP contribution >= 0.6 is 0 Å². The molecule has 3 N–H and O–H groups in total. The predicted octanol–water partition coefficient (Wildman–Crippen LogP) is 0.728. The molecule has 0 aromatic rings. The van der Waals surface area contributed by atoms with Crippen LogP contribution in [0.1, 0.15) is 32.6 Å². The van der Waals surface area contributed by atoms with Crippen LogP contribution in [0.2, 0.25) is 0 Å². The van der Waals surface area contributed by atoms with Crippen LogP contribution < -0.4 is 11.3 Å². The Bertz CT molecular complexity index is 210. The van der Waals surface area contributed by atoms with Crippen molar-refractivity contribution in [3.8, 4) is 0 Å². The highest BCUT2D eigenvalue weighted by molar-refractivity contribution is 4.96. The van der Waals surface area contributed by atoms with Gasteiger partial charge in [-0.25, -0.2) is 0 Å². The number of hydrogen-bond donors (Lipinski definition) is 2. The minimum Gasteiger partial charge on any atom is -0.380 e. The zero-order valence-corrected chi connectivity index (χ0v) is 10.5. The topological polar surface area (TPSA) is 50.5 Å². The summed E-state index contributed by atoms with van der Waals surface area (Å²) in [5.74, 6) is 6.33. The monoisotopic (exact) mass is 227 g/mol. The molecule has 4 heteroatoms. The van der Waals surface area contributed by atoms with Crippen molar-refractivity contribution in [1.29, 1.82) is 0 Å². The van der Waals surface area contributed by atoms with Crippen molar-refractivity contribution in [2.24, 2.45) is 11.8 Å². The number of hydrazine groups is 1. The lowest BCUT2D eigenvalue weighted by atomic mass is 9.85. The van der Waals surface area contributed by atoms with E-state index in [-0.39, 0.29) is 0 Å². The summed E-state index contributed by atoms with van der Waals surface area (Å²) in [6, 6.07) is 1.89. The van der Waals surface area contributed by atoms with E-state index < -0.39 is 0 Å². The number of nitrogens with one attached hydrogen (secondary N) is 1. The fraction of sp³-hybridized carbons (Fsp3) is 1.00. The van der Waals surface area contributed by atoms with Gasteiger partial charge in [-0.15, -0.1) is 0 Å². The molecule has 0 spiro atoms. The third kappa shape index (κ3) is 2.40. The van der Waals surface area contributed by atoms with E-state index in [2.05, 4.69) is 17.4 Å². The van der Waals surface area contributed by atoms with Crippen LogP contribution in [0, 0.1) is 5.92 Å². The number of rotatable bonds is 5. The van der Waals surface area contributed by atoms with Crippen LogP contribution in [0.5, 0.6) is 0 Å². The maximum Gasteiger partial charge on any atom is 0.0635 e. The van der Waals surface area contributed by atoms with E-state index in [1.165, 1.54) is 25.7 Å². The maximum atomic E-state index is 5.65. The lowest BCUT2D eigenvalue weighted by Crippen LogP contribution is -2.50. The summed E-state index contributed by atoms with van der Waals surface area (Å²) >= 11 is 0. The SMILES string of the molecule is CCOCC(NN)C1CC2CCC(C1)N2C. The highest BCUT2D eigenvalue weighted by Gasteiger charge is 2.40. The lowest BCUT2D eigenvalue weighted by molar-refractivity contribution is 0.0612. The number of piperidine rings is 1. The standard InChI is InChI=1S/C12H25N3O/c1-3-16-8-12(14-13)9-6-10-4-5-11(7-9)15(10)2/h9-12,14H,3-8,13H2,1-2H3. The Morgan fingerprint density at radius 3 is 2.50 bits per heavy atom. The Balaban J connectivity index is 1.90. The quantitative estimate of drug-likeness (QED) is 0.537. The van der Waals surface area contributed by atoms with Crippen molar-refractivity contribution in [2.75, 3.05) is 20.3 Å². The summed E-state index contributed by atoms with van der Waals surface area (Å²) in [7, 11) is 2.27. The predicted molar refractivity (Wildman–Crippen MR) is 64.9 cm³/mol. The lowest BCUT2D eigenvalue weighted by Gasteiger charge is -2.39. The van der Waals surface area contributed by atoms with Crippen molar-refractivity contribution in [2.45, 2.75) is 50.7 Å². The Labute approximate surface area is 98.5 Å². The normalized spacial score (nSPS) is 36.6. The van der Waals surface area contributed by atoms with Gasteiger partial charge in [-0.3, -0.25) is 11.3 Å².